The van der Waals surface area contributed by atoms with Gasteiger partial charge in [0.05, 0.1) is 24.7 Å². The minimum Gasteiger partial charge on any atom is -0.383 e. The highest BCUT2D eigenvalue weighted by molar-refractivity contribution is 5.79. The number of hydrogen-bond acceptors (Lipinski definition) is 3. The summed E-state index contributed by atoms with van der Waals surface area (Å²) in [5, 5.41) is 13.0. The highest BCUT2D eigenvalue weighted by Gasteiger charge is 2.44. The number of ether oxygens (including phenoxy) is 1. The SMILES string of the molecule is CC(O)(CNC(=O)C1CC2CCC1O2)c1ccc(F)cc1F. The number of hydrogen-bond donors (Lipinski definition) is 2. The Morgan fingerprint density at radius 3 is 2.82 bits per heavy atom. The van der Waals surface area contributed by atoms with Crippen molar-refractivity contribution in [3.8, 4) is 0 Å². The second kappa shape index (κ2) is 5.59. The minimum absolute atomic E-state index is 0.0432. The number of fused-ring (bicyclic) bond motifs is 2. The Hall–Kier alpha value is -1.53. The van der Waals surface area contributed by atoms with Crippen LogP contribution >= 0.6 is 0 Å². The largest absolute Gasteiger partial charge is 0.383 e. The van der Waals surface area contributed by atoms with E-state index in [0.29, 0.717) is 6.42 Å². The van der Waals surface area contributed by atoms with Crippen molar-refractivity contribution in [2.24, 2.45) is 5.92 Å². The van der Waals surface area contributed by atoms with Gasteiger partial charge >= 0.3 is 0 Å². The average molecular weight is 311 g/mol. The molecule has 22 heavy (non-hydrogen) atoms. The van der Waals surface area contributed by atoms with Gasteiger partial charge in [-0.2, -0.15) is 0 Å². The van der Waals surface area contributed by atoms with Gasteiger partial charge in [-0.1, -0.05) is 6.07 Å². The van der Waals surface area contributed by atoms with E-state index >= 15 is 0 Å². The highest BCUT2D eigenvalue weighted by Crippen LogP contribution is 2.38. The molecule has 2 bridgehead atoms. The lowest BCUT2D eigenvalue weighted by molar-refractivity contribution is -0.127. The van der Waals surface area contributed by atoms with E-state index < -0.39 is 17.2 Å². The third-order valence-electron chi connectivity index (χ3n) is 4.56. The van der Waals surface area contributed by atoms with E-state index in [1.165, 1.54) is 13.0 Å². The number of rotatable bonds is 4. The zero-order valence-electron chi connectivity index (χ0n) is 12.3. The molecule has 1 aromatic carbocycles. The van der Waals surface area contributed by atoms with Crippen LogP contribution in [0.2, 0.25) is 0 Å². The fourth-order valence-electron chi connectivity index (χ4n) is 3.33. The molecule has 3 rings (SSSR count). The summed E-state index contributed by atoms with van der Waals surface area (Å²) in [6.07, 6.45) is 2.69. The van der Waals surface area contributed by atoms with Crippen molar-refractivity contribution in [2.45, 2.75) is 44.0 Å². The Labute approximate surface area is 127 Å². The van der Waals surface area contributed by atoms with Gasteiger partial charge in [-0.15, -0.1) is 0 Å². The molecule has 4 atom stereocenters. The van der Waals surface area contributed by atoms with E-state index in [4.69, 9.17) is 4.74 Å². The molecular weight excluding hydrogens is 292 g/mol. The first-order valence-corrected chi connectivity index (χ1v) is 7.48. The summed E-state index contributed by atoms with van der Waals surface area (Å²) in [6.45, 7) is 1.25. The van der Waals surface area contributed by atoms with E-state index in [0.717, 1.165) is 25.0 Å². The maximum absolute atomic E-state index is 13.8. The third-order valence-corrected chi connectivity index (χ3v) is 4.56. The Kier molecular flexibility index (Phi) is 3.91. The maximum atomic E-state index is 13.8. The molecule has 2 saturated heterocycles. The topological polar surface area (TPSA) is 58.6 Å². The van der Waals surface area contributed by atoms with E-state index in [-0.39, 0.29) is 36.1 Å². The first-order chi connectivity index (χ1) is 10.4. The lowest BCUT2D eigenvalue weighted by Gasteiger charge is -2.26. The number of aliphatic hydroxyl groups is 1. The van der Waals surface area contributed by atoms with E-state index in [9.17, 15) is 18.7 Å². The molecule has 0 radical (unpaired) electrons. The summed E-state index contributed by atoms with van der Waals surface area (Å²) in [5.41, 5.74) is -1.65. The highest BCUT2D eigenvalue weighted by atomic mass is 19.1. The summed E-state index contributed by atoms with van der Waals surface area (Å²) in [5.74, 6) is -1.93. The van der Waals surface area contributed by atoms with Gasteiger partial charge in [0.2, 0.25) is 5.91 Å². The van der Waals surface area contributed by atoms with E-state index in [1.54, 1.807) is 0 Å². The summed E-state index contributed by atoms with van der Waals surface area (Å²) in [4.78, 5) is 12.2. The summed E-state index contributed by atoms with van der Waals surface area (Å²) >= 11 is 0. The van der Waals surface area contributed by atoms with Crippen LogP contribution in [-0.2, 0) is 15.1 Å². The van der Waals surface area contributed by atoms with E-state index in [2.05, 4.69) is 5.32 Å². The van der Waals surface area contributed by atoms with Crippen molar-refractivity contribution in [2.75, 3.05) is 6.54 Å². The predicted octanol–water partition coefficient (Wildman–Crippen LogP) is 1.86. The quantitative estimate of drug-likeness (QED) is 0.892. The smallest absolute Gasteiger partial charge is 0.225 e. The fourth-order valence-corrected chi connectivity index (χ4v) is 3.33. The molecule has 6 heteroatoms. The molecule has 2 N–H and O–H groups in total. The number of carbonyl (C=O) groups excluding carboxylic acids is 1. The number of carbonyl (C=O) groups is 1. The normalized spacial score (nSPS) is 29.4. The lowest BCUT2D eigenvalue weighted by atomic mass is 9.88. The molecule has 120 valence electrons. The second-order valence-electron chi connectivity index (χ2n) is 6.33. The van der Waals surface area contributed by atoms with Gasteiger partial charge in [-0.05, 0) is 32.3 Å². The standard InChI is InChI=1S/C16H19F2NO3/c1-16(21,12-4-2-9(17)6-13(12)18)8-19-15(20)11-7-10-3-5-14(11)22-10/h2,4,6,10-11,14,21H,3,5,7-8H2,1H3,(H,19,20). The van der Waals surface area contributed by atoms with Crippen LogP contribution in [0.5, 0.6) is 0 Å². The molecular formula is C16H19F2NO3. The van der Waals surface area contributed by atoms with Crippen molar-refractivity contribution in [3.63, 3.8) is 0 Å². The van der Waals surface area contributed by atoms with Crippen LogP contribution < -0.4 is 5.32 Å². The number of nitrogens with one attached hydrogen (secondary N) is 1. The number of amides is 1. The van der Waals surface area contributed by atoms with Crippen molar-refractivity contribution in [1.29, 1.82) is 0 Å². The van der Waals surface area contributed by atoms with Gasteiger partial charge in [0.15, 0.2) is 0 Å². The summed E-state index contributed by atoms with van der Waals surface area (Å²) in [6, 6.07) is 2.99. The molecule has 4 unspecified atom stereocenters. The van der Waals surface area contributed by atoms with Gasteiger partial charge in [0, 0.05) is 11.6 Å². The molecule has 2 heterocycles. The first-order valence-electron chi connectivity index (χ1n) is 7.48. The molecule has 4 nitrogen and oxygen atoms in total. The van der Waals surface area contributed by atoms with Gasteiger partial charge < -0.3 is 15.2 Å². The maximum Gasteiger partial charge on any atom is 0.225 e. The molecule has 0 spiro atoms. The molecule has 2 aliphatic rings. The van der Waals surface area contributed by atoms with Crippen molar-refractivity contribution >= 4 is 5.91 Å². The van der Waals surface area contributed by atoms with Crippen LogP contribution in [0.25, 0.3) is 0 Å². The van der Waals surface area contributed by atoms with Gasteiger partial charge in [-0.3, -0.25) is 4.79 Å². The fraction of sp³-hybridized carbons (Fsp3) is 0.562. The van der Waals surface area contributed by atoms with Crippen molar-refractivity contribution < 1.29 is 23.4 Å². The Bertz CT molecular complexity index is 591. The van der Waals surface area contributed by atoms with Crippen LogP contribution in [0.1, 0.15) is 31.7 Å². The number of benzene rings is 1. The van der Waals surface area contributed by atoms with Crippen LogP contribution in [0.15, 0.2) is 18.2 Å². The van der Waals surface area contributed by atoms with Crippen LogP contribution in [0.3, 0.4) is 0 Å². The molecule has 2 aliphatic heterocycles. The van der Waals surface area contributed by atoms with Crippen LogP contribution in [0.4, 0.5) is 8.78 Å². The van der Waals surface area contributed by atoms with Crippen molar-refractivity contribution in [1.82, 2.24) is 5.32 Å². The molecule has 2 fully saturated rings. The minimum atomic E-state index is -1.61. The Morgan fingerprint density at radius 1 is 1.45 bits per heavy atom. The lowest BCUT2D eigenvalue weighted by Crippen LogP contribution is -2.43. The number of halogens is 2. The Balaban J connectivity index is 1.63. The van der Waals surface area contributed by atoms with E-state index in [1.807, 2.05) is 0 Å². The summed E-state index contributed by atoms with van der Waals surface area (Å²) < 4.78 is 32.3. The molecule has 1 amide bonds. The average Bonchev–Trinajstić information content (AvgIpc) is 3.07. The van der Waals surface area contributed by atoms with Crippen molar-refractivity contribution in [3.05, 3.63) is 35.4 Å². The second-order valence-corrected chi connectivity index (χ2v) is 6.33. The van der Waals surface area contributed by atoms with Crippen LogP contribution in [0, 0.1) is 17.6 Å². The molecule has 0 aromatic heterocycles. The van der Waals surface area contributed by atoms with Gasteiger partial charge in [0.25, 0.3) is 0 Å². The van der Waals surface area contributed by atoms with Crippen LogP contribution in [-0.4, -0.2) is 29.8 Å². The predicted molar refractivity (Wildman–Crippen MR) is 74.9 cm³/mol. The molecule has 0 aliphatic carbocycles. The monoisotopic (exact) mass is 311 g/mol. The molecule has 0 saturated carbocycles. The zero-order chi connectivity index (χ0) is 15.9. The third kappa shape index (κ3) is 2.85. The van der Waals surface area contributed by atoms with Gasteiger partial charge in [0.1, 0.15) is 17.2 Å². The zero-order valence-corrected chi connectivity index (χ0v) is 12.3. The first kappa shape index (κ1) is 15.4. The van der Waals surface area contributed by atoms with Gasteiger partial charge in [-0.25, -0.2) is 8.78 Å². The summed E-state index contributed by atoms with van der Waals surface area (Å²) in [7, 11) is 0. The Morgan fingerprint density at radius 2 is 2.23 bits per heavy atom. The molecule has 1 aromatic rings.